The second-order valence-corrected chi connectivity index (χ2v) is 5.92. The zero-order valence-electron chi connectivity index (χ0n) is 7.51. The molecule has 0 saturated heterocycles. The topological polar surface area (TPSA) is 0 Å². The van der Waals surface area contributed by atoms with Crippen LogP contribution in [0.25, 0.3) is 0 Å². The molecule has 0 fully saturated rings. The molecule has 1 atom stereocenters. The van der Waals surface area contributed by atoms with E-state index in [1.807, 2.05) is 12.1 Å². The Labute approximate surface area is 99.2 Å². The first-order valence-electron chi connectivity index (χ1n) is 4.57. The number of halogens is 3. The highest BCUT2D eigenvalue weighted by Crippen LogP contribution is 2.43. The molecular weight excluding hydrogens is 238 g/mol. The van der Waals surface area contributed by atoms with E-state index in [-0.39, 0.29) is 5.92 Å². The molecule has 0 nitrogen and oxygen atoms in total. The van der Waals surface area contributed by atoms with Gasteiger partial charge in [-0.25, -0.2) is 0 Å². The first-order valence-corrected chi connectivity index (χ1v) is 5.70. The van der Waals surface area contributed by atoms with E-state index in [1.165, 1.54) is 11.1 Å². The van der Waals surface area contributed by atoms with Crippen LogP contribution in [-0.2, 0) is 6.42 Å². The summed E-state index contributed by atoms with van der Waals surface area (Å²) in [6.07, 6.45) is 3.96. The van der Waals surface area contributed by atoms with Crippen LogP contribution in [0.4, 0.5) is 0 Å². The second kappa shape index (κ2) is 3.92. The van der Waals surface area contributed by atoms with Gasteiger partial charge in [0, 0.05) is 5.92 Å². The molecule has 0 bridgehead atoms. The van der Waals surface area contributed by atoms with Crippen LogP contribution in [0, 0.1) is 12.3 Å². The summed E-state index contributed by atoms with van der Waals surface area (Å²) in [4.78, 5) is 0. The first kappa shape index (κ1) is 10.6. The molecule has 1 aromatic rings. The number of aryl methyl sites for hydroxylation is 1. The third kappa shape index (κ3) is 2.18. The van der Waals surface area contributed by atoms with E-state index < -0.39 is 3.79 Å². The van der Waals surface area contributed by atoms with Gasteiger partial charge in [0.25, 0.3) is 0 Å². The molecule has 0 amide bonds. The van der Waals surface area contributed by atoms with Crippen LogP contribution >= 0.6 is 34.8 Å². The van der Waals surface area contributed by atoms with Crippen LogP contribution in [0.2, 0.25) is 0 Å². The standard InChI is InChI=1S/C11H10Cl3/c12-11(13,14)10-6-5-8-3-1-2-4-9(8)7-10/h1-4,7,10H,5-6H2. The molecule has 1 radical (unpaired) electrons. The Morgan fingerprint density at radius 2 is 1.86 bits per heavy atom. The predicted molar refractivity (Wildman–Crippen MR) is 61.9 cm³/mol. The van der Waals surface area contributed by atoms with Gasteiger partial charge in [-0.15, -0.1) is 0 Å². The Morgan fingerprint density at radius 1 is 1.14 bits per heavy atom. The SMILES string of the molecule is ClC(Cl)(Cl)C1[CH]c2ccccc2CC1. The fraction of sp³-hybridized carbons (Fsp3) is 0.364. The monoisotopic (exact) mass is 247 g/mol. The van der Waals surface area contributed by atoms with E-state index in [9.17, 15) is 0 Å². The summed E-state index contributed by atoms with van der Waals surface area (Å²) in [5, 5.41) is 0. The summed E-state index contributed by atoms with van der Waals surface area (Å²) >= 11 is 17.6. The van der Waals surface area contributed by atoms with Gasteiger partial charge in [-0.2, -0.15) is 0 Å². The molecule has 1 aliphatic carbocycles. The molecule has 0 spiro atoms. The molecule has 14 heavy (non-hydrogen) atoms. The van der Waals surface area contributed by atoms with Crippen molar-refractivity contribution in [3.8, 4) is 0 Å². The van der Waals surface area contributed by atoms with Gasteiger partial charge in [0.1, 0.15) is 0 Å². The van der Waals surface area contributed by atoms with Gasteiger partial charge in [0.05, 0.1) is 0 Å². The zero-order chi connectivity index (χ0) is 10.2. The van der Waals surface area contributed by atoms with Crippen LogP contribution in [0.1, 0.15) is 17.5 Å². The maximum absolute atomic E-state index is 5.88. The van der Waals surface area contributed by atoms with E-state index in [0.717, 1.165) is 12.8 Å². The highest BCUT2D eigenvalue weighted by molar-refractivity contribution is 6.67. The molecular formula is C11H10Cl3. The lowest BCUT2D eigenvalue weighted by molar-refractivity contribution is 0.550. The average Bonchev–Trinajstić information content (AvgIpc) is 2.16. The van der Waals surface area contributed by atoms with E-state index in [0.29, 0.717) is 0 Å². The Morgan fingerprint density at radius 3 is 2.57 bits per heavy atom. The van der Waals surface area contributed by atoms with Gasteiger partial charge in [-0.3, -0.25) is 0 Å². The van der Waals surface area contributed by atoms with Crippen LogP contribution in [-0.4, -0.2) is 3.79 Å². The summed E-state index contributed by atoms with van der Waals surface area (Å²) in [5.74, 6) is 0.0300. The van der Waals surface area contributed by atoms with Gasteiger partial charge in [-0.1, -0.05) is 59.1 Å². The van der Waals surface area contributed by atoms with Crippen molar-refractivity contribution in [2.24, 2.45) is 5.92 Å². The molecule has 0 N–H and O–H groups in total. The molecule has 1 aliphatic rings. The minimum atomic E-state index is -1.17. The van der Waals surface area contributed by atoms with E-state index >= 15 is 0 Å². The van der Waals surface area contributed by atoms with Gasteiger partial charge in [0.2, 0.25) is 0 Å². The quantitative estimate of drug-likeness (QED) is 0.605. The van der Waals surface area contributed by atoms with Gasteiger partial charge < -0.3 is 0 Å². The fourth-order valence-corrected chi connectivity index (χ4v) is 2.31. The summed E-state index contributed by atoms with van der Waals surface area (Å²) in [7, 11) is 0. The number of alkyl halides is 3. The summed E-state index contributed by atoms with van der Waals surface area (Å²) in [6.45, 7) is 0. The van der Waals surface area contributed by atoms with Crippen LogP contribution in [0.3, 0.4) is 0 Å². The molecule has 3 heteroatoms. The minimum Gasteiger partial charge on any atom is -0.0834 e. The normalized spacial score (nSPS) is 21.8. The predicted octanol–water partition coefficient (Wildman–Crippen LogP) is 4.17. The van der Waals surface area contributed by atoms with Crippen molar-refractivity contribution in [1.82, 2.24) is 0 Å². The van der Waals surface area contributed by atoms with Crippen molar-refractivity contribution in [3.05, 3.63) is 41.8 Å². The lowest BCUT2D eigenvalue weighted by atomic mass is 9.85. The van der Waals surface area contributed by atoms with E-state index in [1.54, 1.807) is 0 Å². The molecule has 0 saturated carbocycles. The molecule has 75 valence electrons. The van der Waals surface area contributed by atoms with Gasteiger partial charge in [0.15, 0.2) is 3.79 Å². The van der Waals surface area contributed by atoms with Crippen molar-refractivity contribution in [3.63, 3.8) is 0 Å². The average molecular weight is 249 g/mol. The number of rotatable bonds is 0. The molecule has 1 aromatic carbocycles. The summed E-state index contributed by atoms with van der Waals surface area (Å²) in [6, 6.07) is 8.25. The lowest BCUT2D eigenvalue weighted by Crippen LogP contribution is -2.24. The Bertz CT molecular complexity index is 328. The lowest BCUT2D eigenvalue weighted by Gasteiger charge is -2.29. The van der Waals surface area contributed by atoms with Crippen molar-refractivity contribution in [2.45, 2.75) is 16.6 Å². The number of hydrogen-bond donors (Lipinski definition) is 0. The molecule has 0 aromatic heterocycles. The van der Waals surface area contributed by atoms with Crippen molar-refractivity contribution < 1.29 is 0 Å². The number of hydrogen-bond acceptors (Lipinski definition) is 0. The fourth-order valence-electron chi connectivity index (χ4n) is 1.79. The third-order valence-electron chi connectivity index (χ3n) is 2.58. The maximum atomic E-state index is 5.88. The number of fused-ring (bicyclic) bond motifs is 1. The van der Waals surface area contributed by atoms with E-state index in [4.69, 9.17) is 34.8 Å². The maximum Gasteiger partial charge on any atom is 0.194 e. The second-order valence-electron chi connectivity index (χ2n) is 3.55. The van der Waals surface area contributed by atoms with Gasteiger partial charge in [-0.05, 0) is 30.4 Å². The smallest absolute Gasteiger partial charge is 0.0834 e. The van der Waals surface area contributed by atoms with E-state index in [2.05, 4.69) is 18.6 Å². The number of benzene rings is 1. The molecule has 0 aliphatic heterocycles. The van der Waals surface area contributed by atoms with Gasteiger partial charge >= 0.3 is 0 Å². The highest BCUT2D eigenvalue weighted by Gasteiger charge is 2.34. The third-order valence-corrected chi connectivity index (χ3v) is 3.42. The Balaban J connectivity index is 2.22. The van der Waals surface area contributed by atoms with Crippen molar-refractivity contribution in [1.29, 1.82) is 0 Å². The minimum absolute atomic E-state index is 0.0300. The van der Waals surface area contributed by atoms with Crippen molar-refractivity contribution in [2.75, 3.05) is 0 Å². The molecule has 2 rings (SSSR count). The first-order chi connectivity index (χ1) is 6.57. The summed E-state index contributed by atoms with van der Waals surface area (Å²) in [5.41, 5.74) is 2.55. The molecule has 0 heterocycles. The Kier molecular flexibility index (Phi) is 2.97. The summed E-state index contributed by atoms with van der Waals surface area (Å²) < 4.78 is -1.17. The Hall–Kier alpha value is 0.0900. The zero-order valence-corrected chi connectivity index (χ0v) is 9.78. The van der Waals surface area contributed by atoms with Crippen LogP contribution in [0.15, 0.2) is 24.3 Å². The highest BCUT2D eigenvalue weighted by atomic mass is 35.6. The molecule has 1 unspecified atom stereocenters. The van der Waals surface area contributed by atoms with Crippen molar-refractivity contribution >= 4 is 34.8 Å². The van der Waals surface area contributed by atoms with Crippen LogP contribution < -0.4 is 0 Å². The van der Waals surface area contributed by atoms with Crippen LogP contribution in [0.5, 0.6) is 0 Å². The largest absolute Gasteiger partial charge is 0.194 e.